The fourth-order valence-electron chi connectivity index (χ4n) is 0. The van der Waals surface area contributed by atoms with Crippen molar-refractivity contribution in [3.05, 3.63) is 0 Å². The summed E-state index contributed by atoms with van der Waals surface area (Å²) in [6, 6.07) is 0. The van der Waals surface area contributed by atoms with Crippen molar-refractivity contribution in [2.24, 2.45) is 0 Å². The van der Waals surface area contributed by atoms with Crippen molar-refractivity contribution >= 4 is 31.5 Å². The van der Waals surface area contributed by atoms with Gasteiger partial charge in [0.25, 0.3) is 0 Å². The van der Waals surface area contributed by atoms with Gasteiger partial charge in [0.05, 0.1) is 0 Å². The average molecular weight is 203 g/mol. The Bertz CT molecular complexity index is 20.9. The third-order valence-corrected chi connectivity index (χ3v) is 3.29. The van der Waals surface area contributed by atoms with Crippen LogP contribution < -0.4 is 0 Å². The van der Waals surface area contributed by atoms with Gasteiger partial charge in [-0.05, 0) is 0 Å². The van der Waals surface area contributed by atoms with Crippen molar-refractivity contribution in [2.75, 3.05) is 0 Å². The Labute approximate surface area is 44.6 Å². The molecule has 0 spiro atoms. The topological polar surface area (TPSA) is 49.7 Å². The molecule has 0 aromatic heterocycles. The second-order valence-corrected chi connectivity index (χ2v) is 4.43. The summed E-state index contributed by atoms with van der Waals surface area (Å²) in [6.07, 6.45) is 0. The molecule has 0 aliphatic rings. The van der Waals surface area contributed by atoms with Crippen LogP contribution in [0.1, 0.15) is 0 Å². The van der Waals surface area contributed by atoms with Gasteiger partial charge < -0.3 is 0 Å². The van der Waals surface area contributed by atoms with Crippen molar-refractivity contribution in [3.63, 3.8) is 0 Å². The van der Waals surface area contributed by atoms with Crippen LogP contribution in [0.15, 0.2) is 0 Å². The summed E-state index contributed by atoms with van der Waals surface area (Å²) in [5.41, 5.74) is 0. The van der Waals surface area contributed by atoms with Crippen LogP contribution in [-0.4, -0.2) is 32.7 Å². The fourth-order valence-corrected chi connectivity index (χ4v) is 0. The maximum absolute atomic E-state index is 7.81. The monoisotopic (exact) mass is 204 g/mol. The molecule has 0 aliphatic carbocycles. The van der Waals surface area contributed by atoms with Crippen LogP contribution in [0.4, 0.5) is 0 Å². The summed E-state index contributed by atoms with van der Waals surface area (Å²) >= 11 is -0.0205. The molecular weight excluding hydrogens is 198 g/mol. The Morgan fingerprint density at radius 2 is 1.80 bits per heavy atom. The van der Waals surface area contributed by atoms with Crippen LogP contribution in [-0.2, 0) is 2.86 Å². The number of hydrogen-bond acceptors (Lipinski definition) is 3. The van der Waals surface area contributed by atoms with Crippen LogP contribution in [0.2, 0.25) is 0 Å². The SMILES string of the molecule is OP(O)[O][SnH3]. The standard InChI is InChI=1S/H2O3P.Sn.3H/c1-4(2)3;;;;/h1-2H;;;;/q-1;+1;;;. The first-order chi connectivity index (χ1) is 2.27. The maximum atomic E-state index is 7.81. The van der Waals surface area contributed by atoms with Gasteiger partial charge in [-0.25, -0.2) is 0 Å². The molecule has 0 bridgehead atoms. The van der Waals surface area contributed by atoms with Gasteiger partial charge in [-0.15, -0.1) is 0 Å². The number of rotatable bonds is 1. The Morgan fingerprint density at radius 3 is 1.80 bits per heavy atom. The van der Waals surface area contributed by atoms with Gasteiger partial charge in [0.1, 0.15) is 0 Å². The molecule has 0 aromatic carbocycles. The molecule has 0 rings (SSSR count). The van der Waals surface area contributed by atoms with Crippen LogP contribution in [0.25, 0.3) is 0 Å². The van der Waals surface area contributed by atoms with E-state index in [4.69, 9.17) is 9.79 Å². The number of hydrogen-bond donors (Lipinski definition) is 2. The third-order valence-electron chi connectivity index (χ3n) is 0.163. The molecule has 2 N–H and O–H groups in total. The molecule has 0 unspecified atom stereocenters. The second kappa shape index (κ2) is 3.30. The molecule has 0 aromatic rings. The van der Waals surface area contributed by atoms with Gasteiger partial charge in [0.2, 0.25) is 0 Å². The van der Waals surface area contributed by atoms with Crippen LogP contribution in [0.5, 0.6) is 0 Å². The van der Waals surface area contributed by atoms with Crippen LogP contribution in [0, 0.1) is 0 Å². The van der Waals surface area contributed by atoms with Gasteiger partial charge in [-0.3, -0.25) is 0 Å². The predicted molar refractivity (Wildman–Crippen MR) is 22.4 cm³/mol. The summed E-state index contributed by atoms with van der Waals surface area (Å²) < 4.78 is 4.14. The molecule has 32 valence electrons. The molecular formula is H5O3PSn. The summed E-state index contributed by atoms with van der Waals surface area (Å²) in [4.78, 5) is 15.6. The first kappa shape index (κ1) is 6.11. The Balaban J connectivity index is 2.54. The van der Waals surface area contributed by atoms with E-state index in [1.54, 1.807) is 0 Å². The first-order valence-corrected chi connectivity index (χ1v) is 4.49. The van der Waals surface area contributed by atoms with Crippen molar-refractivity contribution in [1.82, 2.24) is 0 Å². The van der Waals surface area contributed by atoms with Gasteiger partial charge in [-0.1, -0.05) is 0 Å². The second-order valence-electron chi connectivity index (χ2n) is 0.435. The molecule has 0 radical (unpaired) electrons. The zero-order chi connectivity index (χ0) is 4.28. The Morgan fingerprint density at radius 1 is 1.60 bits per heavy atom. The minimum atomic E-state index is -2.00. The van der Waals surface area contributed by atoms with Gasteiger partial charge in [0.15, 0.2) is 0 Å². The summed E-state index contributed by atoms with van der Waals surface area (Å²) in [5.74, 6) is 0. The molecule has 3 nitrogen and oxygen atoms in total. The van der Waals surface area contributed by atoms with Gasteiger partial charge >= 0.3 is 44.2 Å². The van der Waals surface area contributed by atoms with Crippen LogP contribution in [0.3, 0.4) is 0 Å². The van der Waals surface area contributed by atoms with E-state index >= 15 is 0 Å². The van der Waals surface area contributed by atoms with Gasteiger partial charge in [-0.2, -0.15) is 0 Å². The minimum absolute atomic E-state index is 0.0205. The van der Waals surface area contributed by atoms with E-state index in [2.05, 4.69) is 2.86 Å². The summed E-state index contributed by atoms with van der Waals surface area (Å²) in [7, 11) is -2.00. The first-order valence-electron chi connectivity index (χ1n) is 0.991. The van der Waals surface area contributed by atoms with E-state index in [1.807, 2.05) is 0 Å². The van der Waals surface area contributed by atoms with E-state index in [0.29, 0.717) is 0 Å². The molecule has 0 aliphatic heterocycles. The van der Waals surface area contributed by atoms with E-state index < -0.39 is 8.60 Å². The molecule has 0 fully saturated rings. The van der Waals surface area contributed by atoms with Crippen LogP contribution >= 0.6 is 8.60 Å². The molecule has 5 heteroatoms. The van der Waals surface area contributed by atoms with E-state index in [0.717, 1.165) is 0 Å². The molecule has 0 saturated carbocycles. The Hall–Kier alpha value is 1.11. The quantitative estimate of drug-likeness (QED) is 0.402. The molecule has 5 heavy (non-hydrogen) atoms. The fraction of sp³-hybridized carbons (Fsp3) is 0. The normalized spacial score (nSPS) is 10.2. The molecule has 0 amide bonds. The predicted octanol–water partition coefficient (Wildman–Crippen LogP) is -1.51. The average Bonchev–Trinajstić information content (AvgIpc) is 1.38. The van der Waals surface area contributed by atoms with Crippen molar-refractivity contribution in [2.45, 2.75) is 0 Å². The Kier molecular flexibility index (Phi) is 4.04. The van der Waals surface area contributed by atoms with Crippen molar-refractivity contribution < 1.29 is 12.6 Å². The summed E-state index contributed by atoms with van der Waals surface area (Å²) in [5, 5.41) is 0. The zero-order valence-corrected chi connectivity index (χ0v) is 9.35. The van der Waals surface area contributed by atoms with Crippen molar-refractivity contribution in [3.8, 4) is 0 Å². The van der Waals surface area contributed by atoms with Crippen molar-refractivity contribution in [1.29, 1.82) is 0 Å². The van der Waals surface area contributed by atoms with Gasteiger partial charge in [0, 0.05) is 0 Å². The van der Waals surface area contributed by atoms with E-state index in [9.17, 15) is 0 Å². The molecule has 0 heterocycles. The molecule has 0 atom stereocenters. The summed E-state index contributed by atoms with van der Waals surface area (Å²) in [6.45, 7) is 0. The zero-order valence-electron chi connectivity index (χ0n) is 2.75. The van der Waals surface area contributed by atoms with E-state index in [1.165, 1.54) is 0 Å². The third kappa shape index (κ3) is 5.11. The van der Waals surface area contributed by atoms with E-state index in [-0.39, 0.29) is 22.9 Å². The molecule has 0 saturated heterocycles.